The van der Waals surface area contributed by atoms with E-state index in [-0.39, 0.29) is 41.2 Å². The van der Waals surface area contributed by atoms with Crippen LogP contribution in [0.15, 0.2) is 48.5 Å². The smallest absolute Gasteiger partial charge is 0.335 e. The lowest BCUT2D eigenvalue weighted by molar-refractivity contribution is -0.128. The molecule has 0 saturated carbocycles. The molecule has 1 atom stereocenters. The van der Waals surface area contributed by atoms with E-state index in [0.29, 0.717) is 24.4 Å². The minimum absolute atomic E-state index is 0.0140. The van der Waals surface area contributed by atoms with Crippen molar-refractivity contribution in [1.82, 2.24) is 15.1 Å². The van der Waals surface area contributed by atoms with Crippen molar-refractivity contribution in [3.8, 4) is 22.8 Å². The van der Waals surface area contributed by atoms with Crippen molar-refractivity contribution in [1.29, 1.82) is 0 Å². The Morgan fingerprint density at radius 2 is 1.91 bits per heavy atom. The average Bonchev–Trinajstić information content (AvgIpc) is 3.12. The number of hydrogen-bond acceptors (Lipinski definition) is 5. The Morgan fingerprint density at radius 1 is 1.18 bits per heavy atom. The molecule has 1 N–H and O–H groups in total. The van der Waals surface area contributed by atoms with Crippen molar-refractivity contribution in [2.24, 2.45) is 5.92 Å². The number of rotatable bonds is 7. The van der Waals surface area contributed by atoms with Gasteiger partial charge in [0, 0.05) is 24.1 Å². The van der Waals surface area contributed by atoms with Gasteiger partial charge in [-0.3, -0.25) is 4.79 Å². The van der Waals surface area contributed by atoms with Crippen LogP contribution in [0.4, 0.5) is 4.39 Å². The number of aromatic carboxylic acids is 1. The largest absolute Gasteiger partial charge is 0.478 e. The lowest BCUT2D eigenvalue weighted by atomic mass is 10.1. The van der Waals surface area contributed by atoms with Crippen molar-refractivity contribution >= 4 is 11.9 Å². The molecule has 0 bridgehead atoms. The second kappa shape index (κ2) is 9.59. The van der Waals surface area contributed by atoms with E-state index in [4.69, 9.17) is 4.74 Å². The van der Waals surface area contributed by atoms with Gasteiger partial charge in [-0.05, 0) is 60.4 Å². The van der Waals surface area contributed by atoms with Crippen LogP contribution in [0.3, 0.4) is 0 Å². The van der Waals surface area contributed by atoms with Crippen LogP contribution < -0.4 is 4.74 Å². The number of hydrogen-bond donors (Lipinski definition) is 1. The van der Waals surface area contributed by atoms with Crippen molar-refractivity contribution in [2.75, 3.05) is 6.54 Å². The molecule has 8 heteroatoms. The van der Waals surface area contributed by atoms with E-state index in [9.17, 15) is 19.1 Å². The first-order valence-electron chi connectivity index (χ1n) is 11.2. The summed E-state index contributed by atoms with van der Waals surface area (Å²) >= 11 is 0. The predicted molar refractivity (Wildman–Crippen MR) is 124 cm³/mol. The Kier molecular flexibility index (Phi) is 6.58. The molecule has 0 spiro atoms. The molecule has 1 amide bonds. The molecule has 2 aromatic carbocycles. The Hall–Kier alpha value is -3.81. The first-order chi connectivity index (χ1) is 16.2. The highest BCUT2D eigenvalue weighted by Crippen LogP contribution is 2.32. The molecule has 0 aliphatic carbocycles. The molecule has 1 saturated heterocycles. The number of ether oxygens (including phenoxy) is 1. The number of amides is 1. The van der Waals surface area contributed by atoms with Gasteiger partial charge in [0.05, 0.1) is 23.5 Å². The van der Waals surface area contributed by atoms with Gasteiger partial charge >= 0.3 is 5.97 Å². The van der Waals surface area contributed by atoms with Crippen LogP contribution in [0.25, 0.3) is 11.3 Å². The Labute approximate surface area is 197 Å². The Balaban J connectivity index is 1.60. The van der Waals surface area contributed by atoms with Gasteiger partial charge in [0.1, 0.15) is 17.3 Å². The summed E-state index contributed by atoms with van der Waals surface area (Å²) in [6, 6.07) is 13.1. The molecule has 1 aliphatic heterocycles. The first-order valence-corrected chi connectivity index (χ1v) is 11.2. The second-order valence-electron chi connectivity index (χ2n) is 8.95. The van der Waals surface area contributed by atoms with E-state index in [1.807, 2.05) is 32.9 Å². The fourth-order valence-corrected chi connectivity index (χ4v) is 3.92. The second-order valence-corrected chi connectivity index (χ2v) is 8.95. The van der Waals surface area contributed by atoms with Crippen LogP contribution in [-0.4, -0.2) is 38.6 Å². The number of nitrogens with zero attached hydrogens (tertiary/aromatic N) is 3. The van der Waals surface area contributed by atoms with E-state index < -0.39 is 11.8 Å². The molecule has 176 valence electrons. The van der Waals surface area contributed by atoms with E-state index >= 15 is 0 Å². The van der Waals surface area contributed by atoms with Crippen LogP contribution in [0.1, 0.15) is 54.7 Å². The van der Waals surface area contributed by atoms with E-state index in [1.54, 1.807) is 29.2 Å². The van der Waals surface area contributed by atoms with Crippen LogP contribution in [0, 0.1) is 11.7 Å². The number of carbonyl (C=O) groups excluding carboxylic acids is 1. The van der Waals surface area contributed by atoms with Crippen molar-refractivity contribution in [3.05, 3.63) is 71.2 Å². The summed E-state index contributed by atoms with van der Waals surface area (Å²) in [4.78, 5) is 25.3. The van der Waals surface area contributed by atoms with Gasteiger partial charge in [-0.2, -0.15) is 10.2 Å². The molecular weight excluding hydrogens is 437 g/mol. The zero-order valence-corrected chi connectivity index (χ0v) is 19.3. The molecule has 0 radical (unpaired) electrons. The standard InChI is InChI=1S/C26H26FN3O4/c1-15(2)22-8-9-23(29-28-22)17-4-6-19(7-5-17)34-24-12-18(26(32)33)11-21(27)20(24)14-30-13-16(3)10-25(30)31/h4-9,11-12,15-16H,10,13-14H2,1-3H3,(H,32,33). The quantitative estimate of drug-likeness (QED) is 0.513. The number of carbonyl (C=O) groups is 2. The Bertz CT molecular complexity index is 1210. The lowest BCUT2D eigenvalue weighted by Gasteiger charge is -2.20. The summed E-state index contributed by atoms with van der Waals surface area (Å²) in [6.45, 7) is 6.59. The fourth-order valence-electron chi connectivity index (χ4n) is 3.92. The molecule has 4 rings (SSSR count). The predicted octanol–water partition coefficient (Wildman–Crippen LogP) is 5.27. The van der Waals surface area contributed by atoms with Gasteiger partial charge in [0.2, 0.25) is 5.91 Å². The van der Waals surface area contributed by atoms with E-state index in [1.165, 1.54) is 6.07 Å². The topological polar surface area (TPSA) is 92.6 Å². The molecule has 1 aliphatic rings. The summed E-state index contributed by atoms with van der Waals surface area (Å²) in [5, 5.41) is 17.9. The first kappa shape index (κ1) is 23.4. The highest BCUT2D eigenvalue weighted by atomic mass is 19.1. The number of halogens is 1. The summed E-state index contributed by atoms with van der Waals surface area (Å²) in [6.07, 6.45) is 0.410. The molecule has 34 heavy (non-hydrogen) atoms. The zero-order chi connectivity index (χ0) is 24.4. The van der Waals surface area contributed by atoms with E-state index in [0.717, 1.165) is 17.3 Å². The minimum atomic E-state index is -1.26. The maximum atomic E-state index is 14.9. The van der Waals surface area contributed by atoms with Gasteiger partial charge in [0.25, 0.3) is 0 Å². The molecule has 1 fully saturated rings. The van der Waals surface area contributed by atoms with E-state index in [2.05, 4.69) is 10.2 Å². The fraction of sp³-hybridized carbons (Fsp3) is 0.308. The van der Waals surface area contributed by atoms with Crippen molar-refractivity contribution in [2.45, 2.75) is 39.7 Å². The highest BCUT2D eigenvalue weighted by molar-refractivity contribution is 5.88. The number of carboxylic acid groups (broad SMARTS) is 1. The third-order valence-electron chi connectivity index (χ3n) is 5.81. The molecule has 7 nitrogen and oxygen atoms in total. The van der Waals surface area contributed by atoms with Gasteiger partial charge in [-0.25, -0.2) is 9.18 Å². The molecule has 3 aromatic rings. The summed E-state index contributed by atoms with van der Waals surface area (Å²) < 4.78 is 20.8. The van der Waals surface area contributed by atoms with Crippen LogP contribution in [0.5, 0.6) is 11.5 Å². The van der Waals surface area contributed by atoms with Crippen LogP contribution in [-0.2, 0) is 11.3 Å². The summed E-state index contributed by atoms with van der Waals surface area (Å²) in [5.41, 5.74) is 2.36. The monoisotopic (exact) mass is 463 g/mol. The maximum Gasteiger partial charge on any atom is 0.335 e. The minimum Gasteiger partial charge on any atom is -0.478 e. The van der Waals surface area contributed by atoms with Crippen LogP contribution >= 0.6 is 0 Å². The molecule has 2 heterocycles. The zero-order valence-electron chi connectivity index (χ0n) is 19.3. The molecule has 1 aromatic heterocycles. The van der Waals surface area contributed by atoms with Gasteiger partial charge in [0.15, 0.2) is 0 Å². The molecular formula is C26H26FN3O4. The van der Waals surface area contributed by atoms with Gasteiger partial charge < -0.3 is 14.7 Å². The SMILES string of the molecule is CC1CC(=O)N(Cc2c(F)cc(C(=O)O)cc2Oc2ccc(-c3ccc(C(C)C)nn3)cc2)C1. The molecule has 1 unspecified atom stereocenters. The maximum absolute atomic E-state index is 14.9. The number of carboxylic acids is 1. The lowest BCUT2D eigenvalue weighted by Crippen LogP contribution is -2.25. The number of aromatic nitrogens is 2. The van der Waals surface area contributed by atoms with Crippen molar-refractivity contribution < 1.29 is 23.8 Å². The third kappa shape index (κ3) is 5.06. The highest BCUT2D eigenvalue weighted by Gasteiger charge is 2.29. The third-order valence-corrected chi connectivity index (χ3v) is 5.81. The number of likely N-dealkylation sites (tertiary alicyclic amines) is 1. The summed E-state index contributed by atoms with van der Waals surface area (Å²) in [5.74, 6) is -1.11. The van der Waals surface area contributed by atoms with Crippen LogP contribution in [0.2, 0.25) is 0 Å². The van der Waals surface area contributed by atoms with Gasteiger partial charge in [-0.1, -0.05) is 20.8 Å². The normalized spacial score (nSPS) is 15.7. The average molecular weight is 464 g/mol. The van der Waals surface area contributed by atoms with Gasteiger partial charge in [-0.15, -0.1) is 0 Å². The Morgan fingerprint density at radius 3 is 2.47 bits per heavy atom. The number of benzene rings is 2. The summed E-state index contributed by atoms with van der Waals surface area (Å²) in [7, 11) is 0. The van der Waals surface area contributed by atoms with Crippen molar-refractivity contribution in [3.63, 3.8) is 0 Å².